The van der Waals surface area contributed by atoms with E-state index in [4.69, 9.17) is 0 Å². The third-order valence-corrected chi connectivity index (χ3v) is 4.31. The molecule has 0 radical (unpaired) electrons. The molecule has 0 aliphatic carbocycles. The van der Waals surface area contributed by atoms with E-state index >= 15 is 0 Å². The largest absolute Gasteiger partial charge is 0.370 e. The molecule has 2 heterocycles. The van der Waals surface area contributed by atoms with E-state index in [2.05, 4.69) is 53.3 Å². The van der Waals surface area contributed by atoms with Crippen molar-refractivity contribution in [3.8, 4) is 0 Å². The number of anilines is 2. The number of aromatic nitrogens is 2. The highest BCUT2D eigenvalue weighted by Gasteiger charge is 2.28. The van der Waals surface area contributed by atoms with Crippen molar-refractivity contribution >= 4 is 11.6 Å². The standard InChI is InChI=1S/C15H27N5/c1-5-16-13-12(2)14(19-11-18-13)17-10-15(3)6-8-20(4)9-7-15/h11H,5-10H2,1-4H3,(H2,16,17,18,19). The Morgan fingerprint density at radius 1 is 1.20 bits per heavy atom. The smallest absolute Gasteiger partial charge is 0.134 e. The van der Waals surface area contributed by atoms with Crippen LogP contribution in [0.4, 0.5) is 11.6 Å². The van der Waals surface area contributed by atoms with E-state index in [0.717, 1.165) is 30.3 Å². The number of rotatable bonds is 5. The van der Waals surface area contributed by atoms with Gasteiger partial charge in [0.25, 0.3) is 0 Å². The Kier molecular flexibility index (Phi) is 4.81. The predicted octanol–water partition coefficient (Wildman–Crippen LogP) is 2.36. The Bertz CT molecular complexity index is 438. The van der Waals surface area contributed by atoms with Crippen molar-refractivity contribution in [1.29, 1.82) is 0 Å². The minimum Gasteiger partial charge on any atom is -0.370 e. The first-order chi connectivity index (χ1) is 9.54. The van der Waals surface area contributed by atoms with Gasteiger partial charge < -0.3 is 15.5 Å². The minimum atomic E-state index is 0.363. The maximum absolute atomic E-state index is 4.38. The van der Waals surface area contributed by atoms with Gasteiger partial charge in [0.2, 0.25) is 0 Å². The molecule has 5 heteroatoms. The first kappa shape index (κ1) is 15.0. The first-order valence-corrected chi connectivity index (χ1v) is 7.52. The molecule has 0 unspecified atom stereocenters. The molecule has 5 nitrogen and oxygen atoms in total. The summed E-state index contributed by atoms with van der Waals surface area (Å²) in [4.78, 5) is 11.1. The van der Waals surface area contributed by atoms with Gasteiger partial charge >= 0.3 is 0 Å². The van der Waals surface area contributed by atoms with Crippen molar-refractivity contribution in [2.75, 3.05) is 43.9 Å². The lowest BCUT2D eigenvalue weighted by atomic mass is 9.80. The molecule has 20 heavy (non-hydrogen) atoms. The number of hydrogen-bond acceptors (Lipinski definition) is 5. The van der Waals surface area contributed by atoms with Crippen LogP contribution in [-0.4, -0.2) is 48.1 Å². The van der Waals surface area contributed by atoms with Crippen LogP contribution in [0.25, 0.3) is 0 Å². The summed E-state index contributed by atoms with van der Waals surface area (Å²) in [6.45, 7) is 10.7. The first-order valence-electron chi connectivity index (χ1n) is 7.52. The van der Waals surface area contributed by atoms with Crippen LogP contribution in [-0.2, 0) is 0 Å². The van der Waals surface area contributed by atoms with E-state index in [1.807, 2.05) is 0 Å². The molecule has 2 rings (SSSR count). The lowest BCUT2D eigenvalue weighted by Gasteiger charge is -2.38. The molecular formula is C15H27N5. The lowest BCUT2D eigenvalue weighted by Crippen LogP contribution is -2.40. The highest BCUT2D eigenvalue weighted by molar-refractivity contribution is 5.56. The summed E-state index contributed by atoms with van der Waals surface area (Å²) in [5, 5.41) is 6.80. The fraction of sp³-hybridized carbons (Fsp3) is 0.733. The summed E-state index contributed by atoms with van der Waals surface area (Å²) >= 11 is 0. The van der Waals surface area contributed by atoms with Gasteiger partial charge in [-0.1, -0.05) is 6.92 Å². The summed E-state index contributed by atoms with van der Waals surface area (Å²) in [6, 6.07) is 0. The highest BCUT2D eigenvalue weighted by atomic mass is 15.1. The average Bonchev–Trinajstić information content (AvgIpc) is 2.44. The molecule has 0 bridgehead atoms. The van der Waals surface area contributed by atoms with Crippen LogP contribution in [0.5, 0.6) is 0 Å². The third-order valence-electron chi connectivity index (χ3n) is 4.31. The minimum absolute atomic E-state index is 0.363. The Labute approximate surface area is 122 Å². The number of hydrogen-bond donors (Lipinski definition) is 2. The third kappa shape index (κ3) is 3.60. The fourth-order valence-corrected chi connectivity index (χ4v) is 2.61. The second kappa shape index (κ2) is 6.39. The van der Waals surface area contributed by atoms with Gasteiger partial charge in [-0.15, -0.1) is 0 Å². The van der Waals surface area contributed by atoms with Gasteiger partial charge in [-0.25, -0.2) is 9.97 Å². The van der Waals surface area contributed by atoms with Gasteiger partial charge in [0.05, 0.1) is 0 Å². The predicted molar refractivity (Wildman–Crippen MR) is 84.3 cm³/mol. The summed E-state index contributed by atoms with van der Waals surface area (Å²) in [7, 11) is 2.20. The molecule has 1 aromatic heterocycles. The van der Waals surface area contributed by atoms with E-state index in [-0.39, 0.29) is 0 Å². The SMILES string of the molecule is CCNc1ncnc(NCC2(C)CCN(C)CC2)c1C. The number of piperidine rings is 1. The van der Waals surface area contributed by atoms with Crippen molar-refractivity contribution in [3.05, 3.63) is 11.9 Å². The van der Waals surface area contributed by atoms with E-state index in [1.54, 1.807) is 6.33 Å². The van der Waals surface area contributed by atoms with Crippen molar-refractivity contribution in [2.24, 2.45) is 5.41 Å². The van der Waals surface area contributed by atoms with Crippen molar-refractivity contribution in [2.45, 2.75) is 33.6 Å². The summed E-state index contributed by atoms with van der Waals surface area (Å²) in [5.41, 5.74) is 1.47. The molecule has 112 valence electrons. The zero-order chi connectivity index (χ0) is 14.6. The summed E-state index contributed by atoms with van der Waals surface area (Å²) < 4.78 is 0. The number of nitrogens with one attached hydrogen (secondary N) is 2. The molecule has 2 N–H and O–H groups in total. The average molecular weight is 277 g/mol. The lowest BCUT2D eigenvalue weighted by molar-refractivity contribution is 0.150. The van der Waals surface area contributed by atoms with Gasteiger partial charge in [0, 0.05) is 18.7 Å². The molecule has 0 aromatic carbocycles. The van der Waals surface area contributed by atoms with Crippen molar-refractivity contribution in [3.63, 3.8) is 0 Å². The zero-order valence-corrected chi connectivity index (χ0v) is 13.2. The molecule has 0 saturated carbocycles. The Morgan fingerprint density at radius 3 is 2.40 bits per heavy atom. The molecule has 1 fully saturated rings. The zero-order valence-electron chi connectivity index (χ0n) is 13.2. The Balaban J connectivity index is 1.98. The highest BCUT2D eigenvalue weighted by Crippen LogP contribution is 2.31. The molecular weight excluding hydrogens is 250 g/mol. The second-order valence-electron chi connectivity index (χ2n) is 6.19. The van der Waals surface area contributed by atoms with Crippen LogP contribution in [0.15, 0.2) is 6.33 Å². The Hall–Kier alpha value is -1.36. The van der Waals surface area contributed by atoms with Crippen LogP contribution >= 0.6 is 0 Å². The maximum Gasteiger partial charge on any atom is 0.134 e. The maximum atomic E-state index is 4.38. The van der Waals surface area contributed by atoms with Crippen LogP contribution < -0.4 is 10.6 Å². The topological polar surface area (TPSA) is 53.1 Å². The van der Waals surface area contributed by atoms with E-state index in [9.17, 15) is 0 Å². The van der Waals surface area contributed by atoms with Gasteiger partial charge in [0.15, 0.2) is 0 Å². The van der Waals surface area contributed by atoms with Gasteiger partial charge in [-0.3, -0.25) is 0 Å². The summed E-state index contributed by atoms with van der Waals surface area (Å²) in [6.07, 6.45) is 4.10. The summed E-state index contributed by atoms with van der Waals surface area (Å²) in [5.74, 6) is 1.88. The van der Waals surface area contributed by atoms with Crippen molar-refractivity contribution < 1.29 is 0 Å². The molecule has 1 aliphatic rings. The van der Waals surface area contributed by atoms with E-state index in [1.165, 1.54) is 25.9 Å². The van der Waals surface area contributed by atoms with Gasteiger partial charge in [-0.05, 0) is 52.2 Å². The van der Waals surface area contributed by atoms with Gasteiger partial charge in [0.1, 0.15) is 18.0 Å². The fourth-order valence-electron chi connectivity index (χ4n) is 2.61. The molecule has 0 amide bonds. The number of likely N-dealkylation sites (tertiary alicyclic amines) is 1. The monoisotopic (exact) mass is 277 g/mol. The van der Waals surface area contributed by atoms with E-state index < -0.39 is 0 Å². The molecule has 0 spiro atoms. The Morgan fingerprint density at radius 2 is 1.80 bits per heavy atom. The second-order valence-corrected chi connectivity index (χ2v) is 6.19. The van der Waals surface area contributed by atoms with Crippen LogP contribution in [0.3, 0.4) is 0 Å². The van der Waals surface area contributed by atoms with Crippen LogP contribution in [0.1, 0.15) is 32.3 Å². The molecule has 0 atom stereocenters. The normalized spacial score (nSPS) is 18.8. The van der Waals surface area contributed by atoms with Crippen LogP contribution in [0, 0.1) is 12.3 Å². The molecule has 1 aliphatic heterocycles. The van der Waals surface area contributed by atoms with E-state index in [0.29, 0.717) is 5.41 Å². The molecule has 1 saturated heterocycles. The quantitative estimate of drug-likeness (QED) is 0.865. The molecule has 1 aromatic rings. The van der Waals surface area contributed by atoms with Crippen LogP contribution in [0.2, 0.25) is 0 Å². The van der Waals surface area contributed by atoms with Gasteiger partial charge in [-0.2, -0.15) is 0 Å². The number of nitrogens with zero attached hydrogens (tertiary/aromatic N) is 3. The van der Waals surface area contributed by atoms with Crippen molar-refractivity contribution in [1.82, 2.24) is 14.9 Å².